The van der Waals surface area contributed by atoms with Crippen molar-refractivity contribution >= 4 is 0 Å². The highest BCUT2D eigenvalue weighted by Crippen LogP contribution is 2.21. The Balaban J connectivity index is 1.35. The van der Waals surface area contributed by atoms with Gasteiger partial charge in [-0.05, 0) is 53.1 Å². The van der Waals surface area contributed by atoms with E-state index in [0.717, 1.165) is 31.8 Å². The van der Waals surface area contributed by atoms with E-state index in [1.54, 1.807) is 4.68 Å². The van der Waals surface area contributed by atoms with Crippen LogP contribution in [0.2, 0.25) is 0 Å². The van der Waals surface area contributed by atoms with Gasteiger partial charge in [0.05, 0.1) is 11.8 Å². The maximum Gasteiger partial charge on any atom is 0.345 e. The standard InChI is InChI=1S/C19H21N5O2/c1-2-5-16(6-3-1)24-19(21-22-23-24)26-17-10-8-15(9-11-17)13-20-14-18-7-4-12-25-18/h1-3,5-6,8-11,18,20H,4,7,12-14H2/t18-/m1/s1. The molecule has 1 N–H and O–H groups in total. The van der Waals surface area contributed by atoms with E-state index in [0.29, 0.717) is 17.9 Å². The Labute approximate surface area is 151 Å². The Hall–Kier alpha value is -2.77. The summed E-state index contributed by atoms with van der Waals surface area (Å²) in [5.74, 6) is 0.694. The van der Waals surface area contributed by atoms with Crippen LogP contribution in [0.1, 0.15) is 18.4 Å². The summed E-state index contributed by atoms with van der Waals surface area (Å²) in [5.41, 5.74) is 2.04. The lowest BCUT2D eigenvalue weighted by molar-refractivity contribution is 0.110. The van der Waals surface area contributed by atoms with Crippen LogP contribution in [0.15, 0.2) is 54.6 Å². The zero-order valence-electron chi connectivity index (χ0n) is 14.4. The number of ether oxygens (including phenoxy) is 2. The Morgan fingerprint density at radius 2 is 1.96 bits per heavy atom. The molecule has 7 heteroatoms. The fraction of sp³-hybridized carbons (Fsp3) is 0.316. The molecule has 1 atom stereocenters. The van der Waals surface area contributed by atoms with Crippen molar-refractivity contribution in [2.45, 2.75) is 25.5 Å². The molecule has 4 rings (SSSR count). The van der Waals surface area contributed by atoms with Gasteiger partial charge in [-0.3, -0.25) is 0 Å². The van der Waals surface area contributed by atoms with Crippen molar-refractivity contribution in [3.8, 4) is 17.4 Å². The minimum atomic E-state index is 0.334. The van der Waals surface area contributed by atoms with Crippen LogP contribution in [0.4, 0.5) is 0 Å². The van der Waals surface area contributed by atoms with Gasteiger partial charge in [0.2, 0.25) is 0 Å². The molecule has 1 aromatic heterocycles. The van der Waals surface area contributed by atoms with Crippen molar-refractivity contribution in [3.05, 3.63) is 60.2 Å². The van der Waals surface area contributed by atoms with E-state index in [-0.39, 0.29) is 0 Å². The number of para-hydroxylation sites is 1. The van der Waals surface area contributed by atoms with Gasteiger partial charge >= 0.3 is 6.01 Å². The van der Waals surface area contributed by atoms with Crippen LogP contribution in [0.5, 0.6) is 11.8 Å². The normalized spacial score (nSPS) is 16.7. The van der Waals surface area contributed by atoms with Gasteiger partial charge in [0.25, 0.3) is 0 Å². The van der Waals surface area contributed by atoms with E-state index in [2.05, 4.69) is 20.8 Å². The Kier molecular flexibility index (Phi) is 5.18. The molecule has 2 aromatic carbocycles. The molecule has 2 heterocycles. The van der Waals surface area contributed by atoms with E-state index in [1.165, 1.54) is 12.0 Å². The van der Waals surface area contributed by atoms with Crippen molar-refractivity contribution < 1.29 is 9.47 Å². The van der Waals surface area contributed by atoms with Crippen molar-refractivity contribution in [2.75, 3.05) is 13.2 Å². The van der Waals surface area contributed by atoms with E-state index < -0.39 is 0 Å². The highest BCUT2D eigenvalue weighted by molar-refractivity contribution is 5.34. The minimum Gasteiger partial charge on any atom is -0.423 e. The summed E-state index contributed by atoms with van der Waals surface area (Å²) in [6.45, 7) is 2.59. The summed E-state index contributed by atoms with van der Waals surface area (Å²) in [6.07, 6.45) is 2.67. The molecule has 26 heavy (non-hydrogen) atoms. The van der Waals surface area contributed by atoms with Crippen LogP contribution >= 0.6 is 0 Å². The number of hydrogen-bond acceptors (Lipinski definition) is 6. The predicted molar refractivity (Wildman–Crippen MR) is 96.4 cm³/mol. The van der Waals surface area contributed by atoms with E-state index in [9.17, 15) is 0 Å². The molecule has 1 aliphatic rings. The first-order valence-electron chi connectivity index (χ1n) is 8.81. The third kappa shape index (κ3) is 4.07. The van der Waals surface area contributed by atoms with Gasteiger partial charge < -0.3 is 14.8 Å². The number of benzene rings is 2. The zero-order chi connectivity index (χ0) is 17.6. The average molecular weight is 351 g/mol. The van der Waals surface area contributed by atoms with Gasteiger partial charge in [0.15, 0.2) is 0 Å². The SMILES string of the molecule is c1ccc(-n2nnnc2Oc2ccc(CNC[C@H]3CCCO3)cc2)cc1. The Morgan fingerprint density at radius 1 is 1.12 bits per heavy atom. The lowest BCUT2D eigenvalue weighted by Gasteiger charge is -2.11. The van der Waals surface area contributed by atoms with Crippen molar-refractivity contribution in [1.29, 1.82) is 0 Å². The quantitative estimate of drug-likeness (QED) is 0.705. The molecular weight excluding hydrogens is 330 g/mol. The second kappa shape index (κ2) is 8.07. The second-order valence-corrected chi connectivity index (χ2v) is 6.22. The highest BCUT2D eigenvalue weighted by atomic mass is 16.5. The van der Waals surface area contributed by atoms with Crippen LogP contribution in [0.3, 0.4) is 0 Å². The molecule has 3 aromatic rings. The first kappa shape index (κ1) is 16.7. The maximum absolute atomic E-state index is 5.83. The van der Waals surface area contributed by atoms with Crippen molar-refractivity contribution in [1.82, 2.24) is 25.5 Å². The molecule has 7 nitrogen and oxygen atoms in total. The monoisotopic (exact) mass is 351 g/mol. The zero-order valence-corrected chi connectivity index (χ0v) is 14.4. The molecule has 0 amide bonds. The topological polar surface area (TPSA) is 74.1 Å². The maximum atomic E-state index is 5.83. The Bertz CT molecular complexity index is 813. The molecule has 0 radical (unpaired) electrons. The van der Waals surface area contributed by atoms with Crippen LogP contribution in [0.25, 0.3) is 5.69 Å². The molecule has 0 spiro atoms. The lowest BCUT2D eigenvalue weighted by atomic mass is 10.2. The first-order valence-corrected chi connectivity index (χ1v) is 8.81. The molecular formula is C19H21N5O2. The minimum absolute atomic E-state index is 0.334. The smallest absolute Gasteiger partial charge is 0.345 e. The summed E-state index contributed by atoms with van der Waals surface area (Å²) in [5, 5.41) is 15.1. The summed E-state index contributed by atoms with van der Waals surface area (Å²) < 4.78 is 13.0. The number of nitrogens with zero attached hydrogens (tertiary/aromatic N) is 4. The summed E-state index contributed by atoms with van der Waals surface area (Å²) in [7, 11) is 0. The van der Waals surface area contributed by atoms with Crippen LogP contribution in [-0.2, 0) is 11.3 Å². The van der Waals surface area contributed by atoms with Crippen molar-refractivity contribution in [2.24, 2.45) is 0 Å². The van der Waals surface area contributed by atoms with E-state index >= 15 is 0 Å². The van der Waals surface area contributed by atoms with Gasteiger partial charge in [0, 0.05) is 19.7 Å². The van der Waals surface area contributed by atoms with Crippen LogP contribution in [-0.4, -0.2) is 39.5 Å². The third-order valence-electron chi connectivity index (χ3n) is 4.30. The predicted octanol–water partition coefficient (Wildman–Crippen LogP) is 2.72. The lowest BCUT2D eigenvalue weighted by Crippen LogP contribution is -2.25. The molecule has 0 saturated carbocycles. The molecule has 0 aliphatic carbocycles. The summed E-state index contributed by atoms with van der Waals surface area (Å²) >= 11 is 0. The van der Waals surface area contributed by atoms with Crippen LogP contribution < -0.4 is 10.1 Å². The third-order valence-corrected chi connectivity index (χ3v) is 4.30. The number of tetrazole rings is 1. The Morgan fingerprint density at radius 3 is 2.73 bits per heavy atom. The van der Waals surface area contributed by atoms with E-state index in [4.69, 9.17) is 9.47 Å². The average Bonchev–Trinajstić information content (AvgIpc) is 3.36. The number of aromatic nitrogens is 4. The first-order chi connectivity index (χ1) is 12.9. The fourth-order valence-corrected chi connectivity index (χ4v) is 2.94. The van der Waals surface area contributed by atoms with Gasteiger partial charge in [-0.25, -0.2) is 0 Å². The van der Waals surface area contributed by atoms with Gasteiger partial charge in [0.1, 0.15) is 5.75 Å². The fourth-order valence-electron chi connectivity index (χ4n) is 2.94. The molecule has 1 saturated heterocycles. The number of nitrogens with one attached hydrogen (secondary N) is 1. The summed E-state index contributed by atoms with van der Waals surface area (Å²) in [4.78, 5) is 0. The van der Waals surface area contributed by atoms with Gasteiger partial charge in [-0.2, -0.15) is 4.68 Å². The molecule has 1 fully saturated rings. The second-order valence-electron chi connectivity index (χ2n) is 6.22. The van der Waals surface area contributed by atoms with E-state index in [1.807, 2.05) is 54.6 Å². The highest BCUT2D eigenvalue weighted by Gasteiger charge is 2.14. The molecule has 1 aliphatic heterocycles. The van der Waals surface area contributed by atoms with Crippen molar-refractivity contribution in [3.63, 3.8) is 0 Å². The number of rotatable bonds is 7. The summed E-state index contributed by atoms with van der Waals surface area (Å²) in [6, 6.07) is 17.9. The molecule has 0 unspecified atom stereocenters. The molecule has 134 valence electrons. The van der Waals surface area contributed by atoms with Gasteiger partial charge in [-0.15, -0.1) is 0 Å². The largest absolute Gasteiger partial charge is 0.423 e. The van der Waals surface area contributed by atoms with Gasteiger partial charge in [-0.1, -0.05) is 35.4 Å². The van der Waals surface area contributed by atoms with Crippen LogP contribution in [0, 0.1) is 0 Å². The molecule has 0 bridgehead atoms. The number of hydrogen-bond donors (Lipinski definition) is 1.